The van der Waals surface area contributed by atoms with E-state index in [4.69, 9.17) is 0 Å². The van der Waals surface area contributed by atoms with Gasteiger partial charge in [-0.25, -0.2) is 0 Å². The van der Waals surface area contributed by atoms with E-state index < -0.39 is 0 Å². The van der Waals surface area contributed by atoms with Gasteiger partial charge in [-0.05, 0) is 42.9 Å². The summed E-state index contributed by atoms with van der Waals surface area (Å²) in [6, 6.07) is 10.6. The zero-order chi connectivity index (χ0) is 30.0. The van der Waals surface area contributed by atoms with Crippen LogP contribution in [0.3, 0.4) is 0 Å². The first-order valence-corrected chi connectivity index (χ1v) is 19.9. The second-order valence-corrected chi connectivity index (χ2v) is 13.8. The molecule has 1 radical (unpaired) electrons. The highest BCUT2D eigenvalue weighted by atomic mass is 14.1. The molecule has 0 unspecified atom stereocenters. The molecule has 0 bridgehead atoms. The summed E-state index contributed by atoms with van der Waals surface area (Å²) in [5, 5.41) is 0. The maximum Gasteiger partial charge on any atom is -0.0114 e. The highest BCUT2D eigenvalue weighted by Gasteiger charge is 2.00. The minimum absolute atomic E-state index is 1.23. The summed E-state index contributed by atoms with van der Waals surface area (Å²) in [4.78, 5) is 0. The number of hydrogen-bond donors (Lipinski definition) is 0. The smallest absolute Gasteiger partial charge is 0.0114 e. The Morgan fingerprint density at radius 3 is 0.762 bits per heavy atom. The van der Waals surface area contributed by atoms with E-state index in [1.807, 2.05) is 0 Å². The van der Waals surface area contributed by atoms with Gasteiger partial charge >= 0.3 is 0 Å². The summed E-state index contributed by atoms with van der Waals surface area (Å²) in [5.74, 6) is 0. The van der Waals surface area contributed by atoms with Crippen molar-refractivity contribution in [2.24, 2.45) is 0 Å². The van der Waals surface area contributed by atoms with Crippen LogP contribution in [-0.2, 0) is 12.8 Å². The molecule has 0 aliphatic carbocycles. The van der Waals surface area contributed by atoms with Gasteiger partial charge < -0.3 is 0 Å². The molecule has 0 saturated heterocycles. The maximum atomic E-state index is 3.75. The fourth-order valence-electron chi connectivity index (χ4n) is 6.59. The fraction of sp³-hybridized carbons (Fsp3) is 0.857. The number of aryl methyl sites for hydroxylation is 2. The van der Waals surface area contributed by atoms with Crippen LogP contribution < -0.4 is 0 Å². The van der Waals surface area contributed by atoms with Crippen LogP contribution in [0.2, 0.25) is 0 Å². The molecule has 1 rings (SSSR count). The van der Waals surface area contributed by atoms with Crippen molar-refractivity contribution in [2.75, 3.05) is 0 Å². The Kier molecular flexibility index (Phi) is 30.9. The molecule has 42 heavy (non-hydrogen) atoms. The van der Waals surface area contributed by atoms with Crippen molar-refractivity contribution in [3.8, 4) is 0 Å². The molecule has 0 N–H and O–H groups in total. The van der Waals surface area contributed by atoms with Crippen LogP contribution in [0.5, 0.6) is 0 Å². The molecule has 0 fully saturated rings. The van der Waals surface area contributed by atoms with Crippen molar-refractivity contribution in [1.29, 1.82) is 0 Å². The van der Waals surface area contributed by atoms with Gasteiger partial charge in [0.15, 0.2) is 0 Å². The topological polar surface area (TPSA) is 0 Å². The lowest BCUT2D eigenvalue weighted by Gasteiger charge is -2.06. The first-order valence-electron chi connectivity index (χ1n) is 19.9. The molecule has 1 aromatic carbocycles. The van der Waals surface area contributed by atoms with E-state index in [1.165, 1.54) is 229 Å². The van der Waals surface area contributed by atoms with Gasteiger partial charge in [0.2, 0.25) is 0 Å². The van der Waals surface area contributed by atoms with Crippen molar-refractivity contribution >= 4 is 0 Å². The number of unbranched alkanes of at least 4 members (excludes halogenated alkanes) is 30. The normalized spacial score (nSPS) is 11.5. The van der Waals surface area contributed by atoms with E-state index in [2.05, 4.69) is 38.1 Å². The quantitative estimate of drug-likeness (QED) is 0.0710. The Bertz CT molecular complexity index is 579. The molecule has 0 heteroatoms. The summed E-state index contributed by atoms with van der Waals surface area (Å²) < 4.78 is 0. The van der Waals surface area contributed by atoms with Crippen molar-refractivity contribution in [1.82, 2.24) is 0 Å². The van der Waals surface area contributed by atoms with Crippen LogP contribution in [-0.4, -0.2) is 0 Å². The van der Waals surface area contributed by atoms with Crippen molar-refractivity contribution in [3.05, 3.63) is 35.4 Å². The van der Waals surface area contributed by atoms with Crippen molar-refractivity contribution in [3.63, 3.8) is 0 Å². The van der Waals surface area contributed by atoms with Gasteiger partial charge in [0.05, 0.1) is 0 Å². The molecule has 1 aromatic rings. The Morgan fingerprint density at radius 1 is 0.310 bits per heavy atom. The fourth-order valence-corrected chi connectivity index (χ4v) is 6.59. The van der Waals surface area contributed by atoms with Crippen LogP contribution in [0, 0.1) is 6.07 Å². The third-order valence-electron chi connectivity index (χ3n) is 9.52. The van der Waals surface area contributed by atoms with E-state index in [0.29, 0.717) is 0 Å². The number of rotatable bonds is 34. The molecule has 0 amide bonds. The molecule has 245 valence electrons. The third kappa shape index (κ3) is 28.0. The summed E-state index contributed by atoms with van der Waals surface area (Å²) >= 11 is 0. The Labute approximate surface area is 267 Å². The van der Waals surface area contributed by atoms with E-state index >= 15 is 0 Å². The van der Waals surface area contributed by atoms with Gasteiger partial charge in [0.1, 0.15) is 0 Å². The second-order valence-electron chi connectivity index (χ2n) is 13.8. The summed E-state index contributed by atoms with van der Waals surface area (Å²) in [5.41, 5.74) is 2.91. The first kappa shape index (κ1) is 39.2. The van der Waals surface area contributed by atoms with Gasteiger partial charge in [0.25, 0.3) is 0 Å². The minimum Gasteiger partial charge on any atom is -0.0654 e. The minimum atomic E-state index is 1.23. The average Bonchev–Trinajstić information content (AvgIpc) is 3.01. The summed E-state index contributed by atoms with van der Waals surface area (Å²) in [7, 11) is 0. The largest absolute Gasteiger partial charge is 0.0654 e. The molecule has 0 saturated carbocycles. The predicted octanol–water partition coefficient (Wildman–Crippen LogP) is 15.1. The lowest BCUT2D eigenvalue weighted by Crippen LogP contribution is -1.92. The SMILES string of the molecule is CCCCCCCCCCCCCCCCCCc1[c]c(CCCCCCCCCCCCCCCCCC)ccc1. The maximum absolute atomic E-state index is 3.75. The Hall–Kier alpha value is -0.780. The molecule has 0 nitrogen and oxygen atoms in total. The van der Waals surface area contributed by atoms with E-state index in [1.54, 1.807) is 0 Å². The van der Waals surface area contributed by atoms with Gasteiger partial charge in [-0.1, -0.05) is 225 Å². The van der Waals surface area contributed by atoms with Gasteiger partial charge in [0, 0.05) is 0 Å². The van der Waals surface area contributed by atoms with Crippen LogP contribution in [0.1, 0.15) is 230 Å². The molecule has 0 aliphatic rings. The van der Waals surface area contributed by atoms with E-state index in [9.17, 15) is 0 Å². The first-order chi connectivity index (χ1) is 20.9. The van der Waals surface area contributed by atoms with Gasteiger partial charge in [-0.2, -0.15) is 0 Å². The molecular formula is C42H77. The van der Waals surface area contributed by atoms with E-state index in [-0.39, 0.29) is 0 Å². The summed E-state index contributed by atoms with van der Waals surface area (Å²) in [6.07, 6.45) is 48.7. The Morgan fingerprint density at radius 2 is 0.524 bits per heavy atom. The molecular weight excluding hydrogens is 504 g/mol. The zero-order valence-electron chi connectivity index (χ0n) is 29.3. The molecule has 0 spiro atoms. The van der Waals surface area contributed by atoms with Crippen molar-refractivity contribution < 1.29 is 0 Å². The number of benzene rings is 1. The number of hydrogen-bond acceptors (Lipinski definition) is 0. The highest BCUT2D eigenvalue weighted by molar-refractivity contribution is 5.22. The second kappa shape index (κ2) is 33.1. The van der Waals surface area contributed by atoms with Crippen LogP contribution in [0.4, 0.5) is 0 Å². The predicted molar refractivity (Wildman–Crippen MR) is 192 cm³/mol. The lowest BCUT2D eigenvalue weighted by molar-refractivity contribution is 0.529. The monoisotopic (exact) mass is 582 g/mol. The van der Waals surface area contributed by atoms with Gasteiger partial charge in [-0.15, -0.1) is 0 Å². The highest BCUT2D eigenvalue weighted by Crippen LogP contribution is 2.17. The third-order valence-corrected chi connectivity index (χ3v) is 9.52. The van der Waals surface area contributed by atoms with Crippen molar-refractivity contribution in [2.45, 2.75) is 232 Å². The molecule has 0 atom stereocenters. The van der Waals surface area contributed by atoms with E-state index in [0.717, 1.165) is 0 Å². The lowest BCUT2D eigenvalue weighted by atomic mass is 9.99. The van der Waals surface area contributed by atoms with Crippen LogP contribution in [0.15, 0.2) is 18.2 Å². The van der Waals surface area contributed by atoms with Crippen LogP contribution in [0.25, 0.3) is 0 Å². The standard InChI is InChI=1S/C42H77/c1-3-5-7-9-11-13-15-17-19-21-23-25-27-29-31-33-36-41-38-35-39-42(40-41)37-34-32-30-28-26-24-22-20-18-16-14-12-10-8-6-4-2/h35,38-39H,3-34,36-37H2,1-2H3. The average molecular weight is 582 g/mol. The summed E-state index contributed by atoms with van der Waals surface area (Å²) in [6.45, 7) is 4.61. The van der Waals surface area contributed by atoms with Gasteiger partial charge in [-0.3, -0.25) is 0 Å². The molecule has 0 aromatic heterocycles. The molecule has 0 aliphatic heterocycles. The molecule has 0 heterocycles. The zero-order valence-corrected chi connectivity index (χ0v) is 29.3. The Balaban J connectivity index is 1.84. The van der Waals surface area contributed by atoms with Crippen LogP contribution >= 0.6 is 0 Å².